The van der Waals surface area contributed by atoms with Crippen molar-refractivity contribution in [1.82, 2.24) is 0 Å². The van der Waals surface area contributed by atoms with Crippen LogP contribution < -0.4 is 0 Å². The molecule has 0 saturated heterocycles. The average Bonchev–Trinajstić information content (AvgIpc) is 2.03. The van der Waals surface area contributed by atoms with Gasteiger partial charge in [0.2, 0.25) is 0 Å². The second-order valence-corrected chi connectivity index (χ2v) is 3.17. The summed E-state index contributed by atoms with van der Waals surface area (Å²) in [6, 6.07) is 0. The topological polar surface area (TPSA) is 46.5 Å². The zero-order valence-corrected chi connectivity index (χ0v) is 8.26. The Kier molecular flexibility index (Phi) is 4.24. The van der Waals surface area contributed by atoms with E-state index in [1.54, 1.807) is 13.8 Å². The largest absolute Gasteiger partial charge is 0.481 e. The van der Waals surface area contributed by atoms with Crippen molar-refractivity contribution in [2.45, 2.75) is 40.2 Å². The molecular formula is C9H18O3. The highest BCUT2D eigenvalue weighted by molar-refractivity contribution is 5.74. The van der Waals surface area contributed by atoms with Gasteiger partial charge in [0.1, 0.15) is 0 Å². The fraction of sp³-hybridized carbons (Fsp3) is 0.889. The maximum absolute atomic E-state index is 10.9. The lowest BCUT2D eigenvalue weighted by Crippen LogP contribution is -2.39. The Morgan fingerprint density at radius 2 is 2.08 bits per heavy atom. The van der Waals surface area contributed by atoms with Gasteiger partial charge in [-0.05, 0) is 27.2 Å². The Bertz CT molecular complexity index is 156. The third-order valence-electron chi connectivity index (χ3n) is 2.54. The van der Waals surface area contributed by atoms with Gasteiger partial charge in [-0.15, -0.1) is 0 Å². The smallest absolute Gasteiger partial charge is 0.311 e. The predicted octanol–water partition coefficient (Wildman–Crippen LogP) is 1.91. The van der Waals surface area contributed by atoms with Gasteiger partial charge in [-0.25, -0.2) is 0 Å². The van der Waals surface area contributed by atoms with Crippen LogP contribution in [0, 0.1) is 5.41 Å². The van der Waals surface area contributed by atoms with Gasteiger partial charge in [-0.1, -0.05) is 6.92 Å². The number of carbonyl (C=O) groups is 1. The quantitative estimate of drug-likeness (QED) is 0.692. The zero-order valence-electron chi connectivity index (χ0n) is 8.26. The first-order valence-electron chi connectivity index (χ1n) is 4.34. The Labute approximate surface area is 73.7 Å². The maximum atomic E-state index is 10.9. The van der Waals surface area contributed by atoms with Crippen molar-refractivity contribution < 1.29 is 14.6 Å². The van der Waals surface area contributed by atoms with E-state index in [2.05, 4.69) is 0 Å². The molecule has 0 radical (unpaired) electrons. The minimum atomic E-state index is -0.786. The van der Waals surface area contributed by atoms with Crippen LogP contribution in [-0.2, 0) is 9.53 Å². The van der Waals surface area contributed by atoms with E-state index < -0.39 is 11.4 Å². The summed E-state index contributed by atoms with van der Waals surface area (Å²) in [5.74, 6) is -0.786. The molecule has 0 aliphatic heterocycles. The van der Waals surface area contributed by atoms with E-state index in [4.69, 9.17) is 9.84 Å². The highest BCUT2D eigenvalue weighted by Gasteiger charge is 2.37. The maximum Gasteiger partial charge on any atom is 0.311 e. The molecule has 0 bridgehead atoms. The molecule has 0 fully saturated rings. The van der Waals surface area contributed by atoms with Crippen molar-refractivity contribution in [3.05, 3.63) is 0 Å². The Morgan fingerprint density at radius 1 is 1.58 bits per heavy atom. The molecule has 0 saturated carbocycles. The van der Waals surface area contributed by atoms with Crippen LogP contribution in [0.25, 0.3) is 0 Å². The molecule has 0 rings (SSSR count). The van der Waals surface area contributed by atoms with E-state index in [1.165, 1.54) is 0 Å². The second-order valence-electron chi connectivity index (χ2n) is 3.17. The number of carboxylic acids is 1. The fourth-order valence-corrected chi connectivity index (χ4v) is 1.05. The molecule has 0 aromatic heterocycles. The lowest BCUT2D eigenvalue weighted by Gasteiger charge is -2.29. The van der Waals surface area contributed by atoms with Crippen LogP contribution in [0.1, 0.15) is 34.1 Å². The molecule has 3 nitrogen and oxygen atoms in total. The number of ether oxygens (including phenoxy) is 1. The van der Waals surface area contributed by atoms with Gasteiger partial charge in [-0.3, -0.25) is 4.79 Å². The molecular weight excluding hydrogens is 156 g/mol. The van der Waals surface area contributed by atoms with E-state index in [0.29, 0.717) is 13.0 Å². The Morgan fingerprint density at radius 3 is 2.33 bits per heavy atom. The lowest BCUT2D eigenvalue weighted by molar-refractivity contribution is -0.157. The Balaban J connectivity index is 4.39. The van der Waals surface area contributed by atoms with Gasteiger partial charge >= 0.3 is 5.97 Å². The first kappa shape index (κ1) is 11.4. The number of carboxylic acid groups (broad SMARTS) is 1. The minimum absolute atomic E-state index is 0.231. The molecule has 0 heterocycles. The van der Waals surface area contributed by atoms with Gasteiger partial charge in [0, 0.05) is 6.61 Å². The third kappa shape index (κ3) is 2.21. The number of aliphatic carboxylic acids is 1. The number of hydrogen-bond donors (Lipinski definition) is 1. The molecule has 12 heavy (non-hydrogen) atoms. The van der Waals surface area contributed by atoms with Gasteiger partial charge in [0.25, 0.3) is 0 Å². The second kappa shape index (κ2) is 4.45. The highest BCUT2D eigenvalue weighted by atomic mass is 16.5. The summed E-state index contributed by atoms with van der Waals surface area (Å²) in [5, 5.41) is 8.95. The van der Waals surface area contributed by atoms with Crippen molar-refractivity contribution >= 4 is 5.97 Å². The number of hydrogen-bond acceptors (Lipinski definition) is 2. The van der Waals surface area contributed by atoms with Gasteiger partial charge in [0.05, 0.1) is 11.5 Å². The van der Waals surface area contributed by atoms with E-state index in [0.717, 1.165) is 0 Å². The summed E-state index contributed by atoms with van der Waals surface area (Å²) in [6.45, 7) is 7.82. The SMILES string of the molecule is CCOC(C)C(C)(CC)C(=O)O. The number of rotatable bonds is 5. The summed E-state index contributed by atoms with van der Waals surface area (Å²) in [5.41, 5.74) is -0.754. The zero-order chi connectivity index (χ0) is 9.78. The van der Waals surface area contributed by atoms with Crippen LogP contribution in [-0.4, -0.2) is 23.8 Å². The minimum Gasteiger partial charge on any atom is -0.481 e. The van der Waals surface area contributed by atoms with Crippen LogP contribution in [0.2, 0.25) is 0 Å². The fourth-order valence-electron chi connectivity index (χ4n) is 1.05. The predicted molar refractivity (Wildman–Crippen MR) is 47.1 cm³/mol. The van der Waals surface area contributed by atoms with Crippen molar-refractivity contribution in [3.63, 3.8) is 0 Å². The average molecular weight is 174 g/mol. The molecule has 2 unspecified atom stereocenters. The summed E-state index contributed by atoms with van der Waals surface area (Å²) < 4.78 is 5.28. The molecule has 0 aromatic rings. The van der Waals surface area contributed by atoms with Crippen molar-refractivity contribution in [1.29, 1.82) is 0 Å². The van der Waals surface area contributed by atoms with Gasteiger partial charge in [-0.2, -0.15) is 0 Å². The molecule has 2 atom stereocenters. The molecule has 0 spiro atoms. The highest BCUT2D eigenvalue weighted by Crippen LogP contribution is 2.28. The van der Waals surface area contributed by atoms with Crippen molar-refractivity contribution in [3.8, 4) is 0 Å². The lowest BCUT2D eigenvalue weighted by atomic mass is 9.82. The monoisotopic (exact) mass is 174 g/mol. The summed E-state index contributed by atoms with van der Waals surface area (Å²) in [4.78, 5) is 10.9. The van der Waals surface area contributed by atoms with Gasteiger partial charge < -0.3 is 9.84 Å². The van der Waals surface area contributed by atoms with E-state index in [-0.39, 0.29) is 6.10 Å². The van der Waals surface area contributed by atoms with Crippen LogP contribution >= 0.6 is 0 Å². The van der Waals surface area contributed by atoms with Crippen LogP contribution in [0.3, 0.4) is 0 Å². The van der Waals surface area contributed by atoms with Crippen LogP contribution in [0.4, 0.5) is 0 Å². The van der Waals surface area contributed by atoms with Crippen LogP contribution in [0.15, 0.2) is 0 Å². The third-order valence-corrected chi connectivity index (χ3v) is 2.54. The summed E-state index contributed by atoms with van der Waals surface area (Å²) in [6.07, 6.45) is 0.355. The summed E-state index contributed by atoms with van der Waals surface area (Å²) in [7, 11) is 0. The summed E-state index contributed by atoms with van der Waals surface area (Å²) >= 11 is 0. The Hall–Kier alpha value is -0.570. The molecule has 0 aromatic carbocycles. The normalized spacial score (nSPS) is 18.3. The van der Waals surface area contributed by atoms with E-state index >= 15 is 0 Å². The molecule has 0 amide bonds. The first-order valence-corrected chi connectivity index (χ1v) is 4.34. The van der Waals surface area contributed by atoms with E-state index in [9.17, 15) is 4.79 Å². The van der Waals surface area contributed by atoms with Crippen molar-refractivity contribution in [2.75, 3.05) is 6.61 Å². The molecule has 72 valence electrons. The molecule has 3 heteroatoms. The first-order chi connectivity index (χ1) is 5.49. The van der Waals surface area contributed by atoms with E-state index in [1.807, 2.05) is 13.8 Å². The molecule has 0 aliphatic rings. The van der Waals surface area contributed by atoms with Crippen LogP contribution in [0.5, 0.6) is 0 Å². The standard InChI is InChI=1S/C9H18O3/c1-5-9(4,8(10)11)7(3)12-6-2/h7H,5-6H2,1-4H3,(H,10,11). The molecule has 0 aliphatic carbocycles. The molecule has 1 N–H and O–H groups in total. The van der Waals surface area contributed by atoms with Crippen molar-refractivity contribution in [2.24, 2.45) is 5.41 Å². The van der Waals surface area contributed by atoms with Gasteiger partial charge in [0.15, 0.2) is 0 Å².